The number of anilines is 1. The summed E-state index contributed by atoms with van der Waals surface area (Å²) in [5.41, 5.74) is 1.29. The molecule has 3 aromatic heterocycles. The summed E-state index contributed by atoms with van der Waals surface area (Å²) in [5, 5.41) is 2.70. The summed E-state index contributed by atoms with van der Waals surface area (Å²) in [6, 6.07) is 4.43. The third-order valence-corrected chi connectivity index (χ3v) is 6.83. The maximum Gasteiger partial charge on any atom is 0.274 e. The van der Waals surface area contributed by atoms with Gasteiger partial charge in [-0.2, -0.15) is 0 Å². The third-order valence-electron chi connectivity index (χ3n) is 6.83. The van der Waals surface area contributed by atoms with Crippen LogP contribution in [0.3, 0.4) is 0 Å². The van der Waals surface area contributed by atoms with Crippen molar-refractivity contribution >= 4 is 17.2 Å². The lowest BCUT2D eigenvalue weighted by Crippen LogP contribution is -2.36. The quantitative estimate of drug-likeness (QED) is 0.567. The zero-order valence-electron chi connectivity index (χ0n) is 20.5. The second-order valence-corrected chi connectivity index (χ2v) is 10.2. The van der Waals surface area contributed by atoms with Crippen LogP contribution in [-0.4, -0.2) is 44.8 Å². The molecule has 4 heterocycles. The molecule has 0 spiro atoms. The summed E-state index contributed by atoms with van der Waals surface area (Å²) < 4.78 is 28.5. The van der Waals surface area contributed by atoms with Crippen LogP contribution < -0.4 is 15.6 Å². The van der Waals surface area contributed by atoms with E-state index in [1.54, 1.807) is 24.5 Å². The summed E-state index contributed by atoms with van der Waals surface area (Å²) in [6.45, 7) is 8.56. The zero-order valence-corrected chi connectivity index (χ0v) is 20.5. The monoisotopic (exact) mass is 482 g/mol. The van der Waals surface area contributed by atoms with Gasteiger partial charge in [-0.15, -0.1) is 0 Å². The minimum Gasteiger partial charge on any atom is -0.490 e. The van der Waals surface area contributed by atoms with Crippen LogP contribution in [0.1, 0.15) is 69.1 Å². The number of imidazole rings is 1. The van der Waals surface area contributed by atoms with Crippen LogP contribution in [0.15, 0.2) is 41.6 Å². The van der Waals surface area contributed by atoms with E-state index in [-0.39, 0.29) is 28.9 Å². The van der Waals surface area contributed by atoms with Crippen molar-refractivity contribution in [3.63, 3.8) is 0 Å². The molecule has 0 radical (unpaired) electrons. The Balaban J connectivity index is 1.49. The van der Waals surface area contributed by atoms with Gasteiger partial charge in [0, 0.05) is 36.5 Å². The largest absolute Gasteiger partial charge is 0.490 e. The Hall–Kier alpha value is -3.20. The van der Waals surface area contributed by atoms with E-state index in [1.165, 1.54) is 10.6 Å². The van der Waals surface area contributed by atoms with Crippen molar-refractivity contribution in [3.05, 3.63) is 58.4 Å². The summed E-state index contributed by atoms with van der Waals surface area (Å²) >= 11 is 0. The van der Waals surface area contributed by atoms with Crippen molar-refractivity contribution in [2.45, 2.75) is 76.8 Å². The number of halogens is 1. The standard InChI is InChI=1S/C26H31FN4O4/c1-15(2)35-21-11-23-29-22(26(4)8-7-16(3)34-14-26)13-30(23)12-17(21)24(32)28-19-6-5-9-31(25(19)33)20-10-18(20)27/h5-6,9,11-13,15-16,18,20H,7-8,10,14H2,1-4H3,(H,28,32)/t16?,18-,20-,26+/m1/s1. The fraction of sp³-hybridized carbons (Fsp3) is 0.500. The molecule has 4 atom stereocenters. The fourth-order valence-corrected chi connectivity index (χ4v) is 4.53. The smallest absolute Gasteiger partial charge is 0.274 e. The van der Waals surface area contributed by atoms with Gasteiger partial charge in [0.2, 0.25) is 0 Å². The highest BCUT2D eigenvalue weighted by Gasteiger charge is 2.40. The van der Waals surface area contributed by atoms with Gasteiger partial charge in [-0.1, -0.05) is 6.92 Å². The summed E-state index contributed by atoms with van der Waals surface area (Å²) in [4.78, 5) is 30.9. The Morgan fingerprint density at radius 1 is 1.37 bits per heavy atom. The number of ether oxygens (including phenoxy) is 2. The number of fused-ring (bicyclic) bond motifs is 1. The van der Waals surface area contributed by atoms with E-state index in [1.807, 2.05) is 24.4 Å². The molecule has 9 heteroatoms. The number of aromatic nitrogens is 3. The average Bonchev–Trinajstić information content (AvgIpc) is 3.37. The molecule has 186 valence electrons. The lowest BCUT2D eigenvalue weighted by atomic mass is 9.81. The number of hydrogen-bond donors (Lipinski definition) is 1. The molecule has 2 fully saturated rings. The van der Waals surface area contributed by atoms with Gasteiger partial charge in [0.15, 0.2) is 0 Å². The van der Waals surface area contributed by atoms with Gasteiger partial charge in [-0.25, -0.2) is 9.37 Å². The average molecular weight is 483 g/mol. The van der Waals surface area contributed by atoms with Crippen molar-refractivity contribution in [1.29, 1.82) is 0 Å². The number of hydrogen-bond acceptors (Lipinski definition) is 5. The van der Waals surface area contributed by atoms with Crippen molar-refractivity contribution in [3.8, 4) is 5.75 Å². The van der Waals surface area contributed by atoms with E-state index in [2.05, 4.69) is 19.2 Å². The van der Waals surface area contributed by atoms with Crippen molar-refractivity contribution < 1.29 is 18.7 Å². The second kappa shape index (κ2) is 8.78. The molecule has 1 saturated carbocycles. The topological polar surface area (TPSA) is 86.9 Å². The Labute approximate surface area is 203 Å². The SMILES string of the molecule is CC(C)Oc1cc2nc([C@@]3(C)CCC(C)OC3)cn2cc1C(=O)Nc1cccn([C@@H]2C[C@H]2F)c1=O. The molecule has 2 aliphatic rings. The molecule has 3 aromatic rings. The lowest BCUT2D eigenvalue weighted by molar-refractivity contribution is -0.0162. The maximum atomic E-state index is 13.5. The highest BCUT2D eigenvalue weighted by Crippen LogP contribution is 2.38. The first kappa shape index (κ1) is 23.5. The summed E-state index contributed by atoms with van der Waals surface area (Å²) in [7, 11) is 0. The molecule has 1 aliphatic carbocycles. The Morgan fingerprint density at radius 3 is 2.80 bits per heavy atom. The second-order valence-electron chi connectivity index (χ2n) is 10.2. The first-order valence-corrected chi connectivity index (χ1v) is 12.1. The van der Waals surface area contributed by atoms with Crippen LogP contribution in [-0.2, 0) is 10.2 Å². The Bertz CT molecular complexity index is 1320. The first-order valence-electron chi connectivity index (χ1n) is 12.1. The number of nitrogens with one attached hydrogen (secondary N) is 1. The van der Waals surface area contributed by atoms with Gasteiger partial charge in [0.1, 0.15) is 23.3 Å². The number of rotatable bonds is 6. The Kier molecular flexibility index (Phi) is 5.91. The number of pyridine rings is 2. The predicted molar refractivity (Wildman–Crippen MR) is 130 cm³/mol. The van der Waals surface area contributed by atoms with E-state index < -0.39 is 23.7 Å². The van der Waals surface area contributed by atoms with E-state index in [4.69, 9.17) is 14.5 Å². The number of alkyl halides is 1. The van der Waals surface area contributed by atoms with Gasteiger partial charge in [-0.05, 0) is 45.7 Å². The number of carbonyl (C=O) groups excluding carboxylic acids is 1. The van der Waals surface area contributed by atoms with Crippen molar-refractivity contribution in [2.75, 3.05) is 11.9 Å². The van der Waals surface area contributed by atoms with Crippen LogP contribution >= 0.6 is 0 Å². The predicted octanol–water partition coefficient (Wildman–Crippen LogP) is 4.28. The van der Waals surface area contributed by atoms with E-state index >= 15 is 0 Å². The molecule has 0 aromatic carbocycles. The molecule has 1 N–H and O–H groups in total. The lowest BCUT2D eigenvalue weighted by Gasteiger charge is -2.34. The number of amides is 1. The van der Waals surface area contributed by atoms with Crippen LogP contribution in [0, 0.1) is 0 Å². The molecule has 1 saturated heterocycles. The van der Waals surface area contributed by atoms with E-state index in [9.17, 15) is 14.0 Å². The molecule has 0 bridgehead atoms. The molecule has 5 rings (SSSR count). The minimum absolute atomic E-state index is 0.0968. The molecule has 1 unspecified atom stereocenters. The number of carbonyl (C=O) groups is 1. The van der Waals surface area contributed by atoms with Gasteiger partial charge in [0.25, 0.3) is 11.5 Å². The molecule has 1 amide bonds. The molecule has 35 heavy (non-hydrogen) atoms. The first-order chi connectivity index (χ1) is 16.6. The highest BCUT2D eigenvalue weighted by molar-refractivity contribution is 6.06. The highest BCUT2D eigenvalue weighted by atomic mass is 19.1. The maximum absolute atomic E-state index is 13.5. The van der Waals surface area contributed by atoms with Gasteiger partial charge in [0.05, 0.1) is 36.1 Å². The normalized spacial score (nSPS) is 26.2. The summed E-state index contributed by atoms with van der Waals surface area (Å²) in [5.74, 6) is -0.107. The van der Waals surface area contributed by atoms with Crippen LogP contribution in [0.25, 0.3) is 5.65 Å². The van der Waals surface area contributed by atoms with Crippen LogP contribution in [0.2, 0.25) is 0 Å². The minimum atomic E-state index is -1.03. The molecule has 8 nitrogen and oxygen atoms in total. The molecule has 1 aliphatic heterocycles. The fourth-order valence-electron chi connectivity index (χ4n) is 4.53. The van der Waals surface area contributed by atoms with Crippen molar-refractivity contribution in [2.24, 2.45) is 0 Å². The Morgan fingerprint density at radius 2 is 2.14 bits per heavy atom. The van der Waals surface area contributed by atoms with Crippen LogP contribution in [0.5, 0.6) is 5.75 Å². The number of nitrogens with zero attached hydrogens (tertiary/aromatic N) is 3. The van der Waals surface area contributed by atoms with Gasteiger partial charge in [-0.3, -0.25) is 9.59 Å². The van der Waals surface area contributed by atoms with E-state index in [0.29, 0.717) is 24.4 Å². The summed E-state index contributed by atoms with van der Waals surface area (Å²) in [6.07, 6.45) is 6.41. The van der Waals surface area contributed by atoms with Crippen LogP contribution in [0.4, 0.5) is 10.1 Å². The molecular formula is C26H31FN4O4. The van der Waals surface area contributed by atoms with E-state index in [0.717, 1.165) is 18.5 Å². The third kappa shape index (κ3) is 4.57. The molecular weight excluding hydrogens is 451 g/mol. The van der Waals surface area contributed by atoms with Gasteiger partial charge >= 0.3 is 0 Å². The van der Waals surface area contributed by atoms with Gasteiger partial charge < -0.3 is 23.8 Å². The van der Waals surface area contributed by atoms with Crippen molar-refractivity contribution in [1.82, 2.24) is 14.0 Å². The zero-order chi connectivity index (χ0) is 24.9.